The zero-order valence-electron chi connectivity index (χ0n) is 10.2. The van der Waals surface area contributed by atoms with Crippen molar-refractivity contribution in [2.24, 2.45) is 0 Å². The van der Waals surface area contributed by atoms with Gasteiger partial charge in [0.2, 0.25) is 0 Å². The van der Waals surface area contributed by atoms with Gasteiger partial charge in [0.25, 0.3) is 0 Å². The predicted molar refractivity (Wildman–Crippen MR) is 63.8 cm³/mol. The van der Waals surface area contributed by atoms with Gasteiger partial charge >= 0.3 is 5.97 Å². The Bertz CT molecular complexity index is 438. The molecule has 4 nitrogen and oxygen atoms in total. The van der Waals surface area contributed by atoms with Crippen LogP contribution < -0.4 is 0 Å². The van der Waals surface area contributed by atoms with E-state index in [4.69, 9.17) is 9.84 Å². The normalized spacial score (nSPS) is 22.7. The van der Waals surface area contributed by atoms with Crippen LogP contribution in [0.1, 0.15) is 18.6 Å². The van der Waals surface area contributed by atoms with E-state index in [9.17, 15) is 9.18 Å². The van der Waals surface area contributed by atoms with E-state index in [0.717, 1.165) is 0 Å². The number of carboxylic acid groups (broad SMARTS) is 1. The van der Waals surface area contributed by atoms with E-state index in [-0.39, 0.29) is 5.82 Å². The Hall–Kier alpha value is -1.46. The third-order valence-electron chi connectivity index (χ3n) is 3.26. The van der Waals surface area contributed by atoms with E-state index < -0.39 is 18.1 Å². The molecule has 2 rings (SSSR count). The molecule has 1 N–H and O–H groups in total. The van der Waals surface area contributed by atoms with Gasteiger partial charge in [0.15, 0.2) is 0 Å². The van der Waals surface area contributed by atoms with E-state index in [0.29, 0.717) is 25.3 Å². The van der Waals surface area contributed by atoms with Gasteiger partial charge in [-0.2, -0.15) is 0 Å². The van der Waals surface area contributed by atoms with Crippen molar-refractivity contribution in [3.05, 3.63) is 35.6 Å². The van der Waals surface area contributed by atoms with Gasteiger partial charge in [-0.25, -0.2) is 4.39 Å². The monoisotopic (exact) mass is 253 g/mol. The second-order valence-corrected chi connectivity index (χ2v) is 4.39. The zero-order chi connectivity index (χ0) is 13.1. The van der Waals surface area contributed by atoms with Gasteiger partial charge in [0.05, 0.1) is 12.7 Å². The summed E-state index contributed by atoms with van der Waals surface area (Å²) in [5, 5.41) is 8.99. The van der Waals surface area contributed by atoms with Crippen LogP contribution in [0.25, 0.3) is 0 Å². The highest BCUT2D eigenvalue weighted by Crippen LogP contribution is 2.25. The van der Waals surface area contributed by atoms with E-state index in [2.05, 4.69) is 0 Å². The topological polar surface area (TPSA) is 49.8 Å². The molecule has 2 atom stereocenters. The van der Waals surface area contributed by atoms with Crippen LogP contribution >= 0.6 is 0 Å². The van der Waals surface area contributed by atoms with Crippen molar-refractivity contribution in [2.75, 3.05) is 19.7 Å². The quantitative estimate of drug-likeness (QED) is 0.890. The molecule has 0 aromatic heterocycles. The molecule has 98 valence electrons. The maximum Gasteiger partial charge on any atom is 0.320 e. The first-order valence-corrected chi connectivity index (χ1v) is 5.92. The van der Waals surface area contributed by atoms with E-state index in [1.165, 1.54) is 6.07 Å². The smallest absolute Gasteiger partial charge is 0.320 e. The SMILES string of the molecule is C[C@@H](C(=O)O)N1CCO[C@@H](c2ccccc2F)C1. The number of nitrogens with zero attached hydrogens (tertiary/aromatic N) is 1. The van der Waals surface area contributed by atoms with Gasteiger partial charge in [-0.15, -0.1) is 0 Å². The summed E-state index contributed by atoms with van der Waals surface area (Å²) in [6.45, 7) is 3.00. The molecule has 1 heterocycles. The molecule has 1 aliphatic heterocycles. The molecule has 1 fully saturated rings. The van der Waals surface area contributed by atoms with Crippen LogP contribution in [0.15, 0.2) is 24.3 Å². The summed E-state index contributed by atoms with van der Waals surface area (Å²) in [4.78, 5) is 12.7. The standard InChI is InChI=1S/C13H16FNO3/c1-9(13(16)17)15-6-7-18-12(8-15)10-4-2-3-5-11(10)14/h2-5,9,12H,6-8H2,1H3,(H,16,17)/t9-,12+/m0/s1. The van der Waals surface area contributed by atoms with Crippen molar-refractivity contribution in [1.82, 2.24) is 4.90 Å². The average molecular weight is 253 g/mol. The Morgan fingerprint density at radius 2 is 2.28 bits per heavy atom. The average Bonchev–Trinajstić information content (AvgIpc) is 2.38. The molecule has 0 aliphatic carbocycles. The van der Waals surface area contributed by atoms with Gasteiger partial charge in [0, 0.05) is 18.7 Å². The molecule has 1 aromatic carbocycles. The lowest BCUT2D eigenvalue weighted by Crippen LogP contribution is -2.46. The largest absolute Gasteiger partial charge is 0.480 e. The molecule has 1 aliphatic rings. The number of aliphatic carboxylic acids is 1. The summed E-state index contributed by atoms with van der Waals surface area (Å²) in [6.07, 6.45) is -0.401. The lowest BCUT2D eigenvalue weighted by Gasteiger charge is -2.35. The Morgan fingerprint density at radius 1 is 1.56 bits per heavy atom. The van der Waals surface area contributed by atoms with E-state index in [1.54, 1.807) is 30.0 Å². The van der Waals surface area contributed by atoms with Gasteiger partial charge in [-0.05, 0) is 13.0 Å². The Balaban J connectivity index is 2.12. The summed E-state index contributed by atoms with van der Waals surface area (Å²) >= 11 is 0. The highest BCUT2D eigenvalue weighted by Gasteiger charge is 2.29. The minimum absolute atomic E-state index is 0.313. The molecular formula is C13H16FNO3. The molecule has 0 bridgehead atoms. The highest BCUT2D eigenvalue weighted by atomic mass is 19.1. The van der Waals surface area contributed by atoms with Crippen LogP contribution in [0, 0.1) is 5.82 Å². The molecule has 5 heteroatoms. The summed E-state index contributed by atoms with van der Waals surface area (Å²) in [7, 11) is 0. The number of rotatable bonds is 3. The third kappa shape index (κ3) is 2.68. The van der Waals surface area contributed by atoms with Crippen LogP contribution in [-0.4, -0.2) is 41.7 Å². The van der Waals surface area contributed by atoms with Crippen molar-refractivity contribution in [1.29, 1.82) is 0 Å². The number of benzene rings is 1. The summed E-state index contributed by atoms with van der Waals surface area (Å²) in [5.74, 6) is -1.18. The lowest BCUT2D eigenvalue weighted by molar-refractivity contribution is -0.145. The molecule has 0 radical (unpaired) electrons. The van der Waals surface area contributed by atoms with Crippen molar-refractivity contribution in [2.45, 2.75) is 19.1 Å². The Morgan fingerprint density at radius 3 is 2.94 bits per heavy atom. The molecule has 1 aromatic rings. The van der Waals surface area contributed by atoms with Crippen LogP contribution in [-0.2, 0) is 9.53 Å². The van der Waals surface area contributed by atoms with Gasteiger partial charge < -0.3 is 9.84 Å². The molecule has 0 unspecified atom stereocenters. The summed E-state index contributed by atoms with van der Waals surface area (Å²) in [5.41, 5.74) is 0.486. The number of morpholine rings is 1. The van der Waals surface area contributed by atoms with Crippen LogP contribution in [0.2, 0.25) is 0 Å². The first-order valence-electron chi connectivity index (χ1n) is 5.92. The van der Waals surface area contributed by atoms with E-state index >= 15 is 0 Å². The molecule has 0 saturated carbocycles. The number of carbonyl (C=O) groups is 1. The number of ether oxygens (including phenoxy) is 1. The van der Waals surface area contributed by atoms with Crippen molar-refractivity contribution >= 4 is 5.97 Å². The molecule has 18 heavy (non-hydrogen) atoms. The first kappa shape index (κ1) is 13.0. The number of carboxylic acids is 1. The molecule has 0 amide bonds. The van der Waals surface area contributed by atoms with Crippen LogP contribution in [0.5, 0.6) is 0 Å². The van der Waals surface area contributed by atoms with Gasteiger partial charge in [-0.3, -0.25) is 9.69 Å². The second kappa shape index (κ2) is 5.46. The second-order valence-electron chi connectivity index (χ2n) is 4.39. The Labute approximate surface area is 105 Å². The fourth-order valence-corrected chi connectivity index (χ4v) is 2.10. The minimum Gasteiger partial charge on any atom is -0.480 e. The number of hydrogen-bond donors (Lipinski definition) is 1. The summed E-state index contributed by atoms with van der Waals surface area (Å²) < 4.78 is 19.2. The fourth-order valence-electron chi connectivity index (χ4n) is 2.10. The van der Waals surface area contributed by atoms with Crippen molar-refractivity contribution in [3.8, 4) is 0 Å². The third-order valence-corrected chi connectivity index (χ3v) is 3.26. The predicted octanol–water partition coefficient (Wildman–Crippen LogP) is 1.67. The van der Waals surface area contributed by atoms with Crippen molar-refractivity contribution < 1.29 is 19.0 Å². The number of halogens is 1. The van der Waals surface area contributed by atoms with Gasteiger partial charge in [-0.1, -0.05) is 18.2 Å². The maximum atomic E-state index is 13.6. The van der Waals surface area contributed by atoms with Crippen molar-refractivity contribution in [3.63, 3.8) is 0 Å². The zero-order valence-corrected chi connectivity index (χ0v) is 10.2. The maximum absolute atomic E-state index is 13.6. The summed E-state index contributed by atoms with van der Waals surface area (Å²) in [6, 6.07) is 5.86. The van der Waals surface area contributed by atoms with Crippen LogP contribution in [0.3, 0.4) is 0 Å². The Kier molecular flexibility index (Phi) is 3.93. The molecular weight excluding hydrogens is 237 g/mol. The fraction of sp³-hybridized carbons (Fsp3) is 0.462. The van der Waals surface area contributed by atoms with Crippen LogP contribution in [0.4, 0.5) is 4.39 Å². The highest BCUT2D eigenvalue weighted by molar-refractivity contribution is 5.72. The molecule has 1 saturated heterocycles. The lowest BCUT2D eigenvalue weighted by atomic mass is 10.1. The van der Waals surface area contributed by atoms with E-state index in [1.807, 2.05) is 0 Å². The molecule has 0 spiro atoms. The van der Waals surface area contributed by atoms with Gasteiger partial charge in [0.1, 0.15) is 11.9 Å². The minimum atomic E-state index is -0.871. The first-order chi connectivity index (χ1) is 8.59. The number of hydrogen-bond acceptors (Lipinski definition) is 3.